The number of nitrogens with two attached hydrogens (primary N) is 1. The van der Waals surface area contributed by atoms with Gasteiger partial charge in [-0.05, 0) is 24.6 Å². The fraction of sp³-hybridized carbons (Fsp3) is 0.267. The zero-order valence-corrected chi connectivity index (χ0v) is 13.9. The molecule has 3 heterocycles. The Hall–Kier alpha value is -2.72. The number of carboxylic acid groups (broad SMARTS) is 1. The molecule has 25 heavy (non-hydrogen) atoms. The van der Waals surface area contributed by atoms with Crippen molar-refractivity contribution in [3.8, 4) is 0 Å². The van der Waals surface area contributed by atoms with Crippen LogP contribution < -0.4 is 11.1 Å². The summed E-state index contributed by atoms with van der Waals surface area (Å²) in [7, 11) is -3.57. The van der Waals surface area contributed by atoms with E-state index in [9.17, 15) is 18.0 Å². The molecule has 134 valence electrons. The van der Waals surface area contributed by atoms with Crippen LogP contribution in [0.25, 0.3) is 0 Å². The van der Waals surface area contributed by atoms with Crippen molar-refractivity contribution in [3.63, 3.8) is 0 Å². The number of carbonyl (C=O) groups is 2. The third kappa shape index (κ3) is 4.64. The lowest BCUT2D eigenvalue weighted by Gasteiger charge is -2.10. The van der Waals surface area contributed by atoms with E-state index in [4.69, 9.17) is 10.8 Å². The van der Waals surface area contributed by atoms with Crippen LogP contribution in [-0.2, 0) is 19.4 Å². The van der Waals surface area contributed by atoms with Gasteiger partial charge in [0.1, 0.15) is 11.4 Å². The van der Waals surface area contributed by atoms with Crippen molar-refractivity contribution in [1.82, 2.24) is 15.3 Å². The zero-order chi connectivity index (χ0) is 18.4. The molecule has 0 bridgehead atoms. The Balaban J connectivity index is 0.000000212. The molecule has 5 N–H and O–H groups in total. The van der Waals surface area contributed by atoms with Crippen LogP contribution in [0.2, 0.25) is 0 Å². The molecule has 2 aromatic rings. The molecule has 1 amide bonds. The Kier molecular flexibility index (Phi) is 5.88. The van der Waals surface area contributed by atoms with E-state index < -0.39 is 27.2 Å². The Bertz CT molecular complexity index is 821. The Labute approximate surface area is 144 Å². The van der Waals surface area contributed by atoms with E-state index in [1.807, 2.05) is 0 Å². The molecule has 1 fully saturated rings. The van der Waals surface area contributed by atoms with Crippen molar-refractivity contribution >= 4 is 21.7 Å². The summed E-state index contributed by atoms with van der Waals surface area (Å²) in [5.41, 5.74) is 6.24. The van der Waals surface area contributed by atoms with Crippen molar-refractivity contribution in [2.75, 3.05) is 0 Å². The minimum Gasteiger partial charge on any atom is -0.480 e. The molecule has 0 radical (unpaired) electrons. The largest absolute Gasteiger partial charge is 0.480 e. The SMILES string of the molecule is NC(c1cc[nH]c1)S(=O)(=O)c1cccnc1.O=C1CCC(C(=O)O)N1. The normalized spacial score (nSPS) is 18.0. The Morgan fingerprint density at radius 1 is 1.40 bits per heavy atom. The number of hydrogen-bond donors (Lipinski definition) is 4. The quantitative estimate of drug-likeness (QED) is 0.602. The second-order valence-corrected chi connectivity index (χ2v) is 7.36. The van der Waals surface area contributed by atoms with Gasteiger partial charge in [0.05, 0.1) is 4.90 Å². The molecule has 1 aliphatic rings. The number of nitrogens with zero attached hydrogens (tertiary/aromatic N) is 1. The average molecular weight is 366 g/mol. The van der Waals surface area contributed by atoms with Crippen LogP contribution in [0.3, 0.4) is 0 Å². The Morgan fingerprint density at radius 2 is 2.16 bits per heavy atom. The second-order valence-electron chi connectivity index (χ2n) is 5.30. The first-order valence-corrected chi connectivity index (χ1v) is 8.91. The molecule has 1 saturated heterocycles. The molecule has 2 atom stereocenters. The first-order chi connectivity index (χ1) is 11.8. The third-order valence-electron chi connectivity index (χ3n) is 3.54. The van der Waals surface area contributed by atoms with E-state index in [0.717, 1.165) is 0 Å². The molecule has 10 heteroatoms. The highest BCUT2D eigenvalue weighted by molar-refractivity contribution is 7.91. The summed E-state index contributed by atoms with van der Waals surface area (Å²) in [6, 6.07) is 4.04. The summed E-state index contributed by atoms with van der Waals surface area (Å²) in [6.07, 6.45) is 6.78. The number of carbonyl (C=O) groups excluding carboxylic acids is 1. The van der Waals surface area contributed by atoms with Gasteiger partial charge in [0, 0.05) is 36.8 Å². The highest BCUT2D eigenvalue weighted by Gasteiger charge is 2.26. The summed E-state index contributed by atoms with van der Waals surface area (Å²) in [4.78, 5) is 27.2. The van der Waals surface area contributed by atoms with Crippen molar-refractivity contribution in [3.05, 3.63) is 48.5 Å². The van der Waals surface area contributed by atoms with Crippen molar-refractivity contribution in [2.24, 2.45) is 5.73 Å². The summed E-state index contributed by atoms with van der Waals surface area (Å²) in [6.45, 7) is 0. The van der Waals surface area contributed by atoms with Crippen LogP contribution in [0.15, 0.2) is 47.9 Å². The fourth-order valence-corrected chi connectivity index (χ4v) is 3.43. The topological polar surface area (TPSA) is 155 Å². The lowest BCUT2D eigenvalue weighted by molar-refractivity contribution is -0.140. The van der Waals surface area contributed by atoms with E-state index in [-0.39, 0.29) is 10.8 Å². The van der Waals surface area contributed by atoms with Crippen molar-refractivity contribution in [1.29, 1.82) is 0 Å². The molecule has 3 rings (SSSR count). The van der Waals surface area contributed by atoms with Crippen LogP contribution in [0.5, 0.6) is 0 Å². The van der Waals surface area contributed by atoms with Gasteiger partial charge in [-0.25, -0.2) is 13.2 Å². The summed E-state index contributed by atoms with van der Waals surface area (Å²) in [5, 5.41) is 9.56. The summed E-state index contributed by atoms with van der Waals surface area (Å²) >= 11 is 0. The standard InChI is InChI=1S/C10H11N3O2S.C5H7NO3/c11-10(8-3-5-13-6-8)16(14,15)9-2-1-4-12-7-9;7-4-2-1-3(6-4)5(8)9/h1-7,10,13H,11H2;3H,1-2H2,(H,6,7)(H,8,9). The van der Waals surface area contributed by atoms with Crippen LogP contribution in [0.1, 0.15) is 23.8 Å². The molecule has 2 aromatic heterocycles. The maximum atomic E-state index is 12.1. The Morgan fingerprint density at radius 3 is 2.60 bits per heavy atom. The molecule has 0 aromatic carbocycles. The number of aromatic nitrogens is 2. The summed E-state index contributed by atoms with van der Waals surface area (Å²) < 4.78 is 24.1. The van der Waals surface area contributed by atoms with E-state index in [1.54, 1.807) is 24.5 Å². The number of amides is 1. The van der Waals surface area contributed by atoms with Crippen LogP contribution in [-0.4, -0.2) is 41.4 Å². The van der Waals surface area contributed by atoms with Gasteiger partial charge < -0.3 is 21.1 Å². The third-order valence-corrected chi connectivity index (χ3v) is 5.38. The van der Waals surface area contributed by atoms with Crippen LogP contribution in [0.4, 0.5) is 0 Å². The van der Waals surface area contributed by atoms with Gasteiger partial charge >= 0.3 is 5.97 Å². The number of aliphatic carboxylic acids is 1. The van der Waals surface area contributed by atoms with Gasteiger partial charge in [0.15, 0.2) is 9.84 Å². The number of hydrogen-bond acceptors (Lipinski definition) is 6. The van der Waals surface area contributed by atoms with Gasteiger partial charge in [-0.15, -0.1) is 0 Å². The second kappa shape index (κ2) is 7.90. The van der Waals surface area contributed by atoms with E-state index >= 15 is 0 Å². The van der Waals surface area contributed by atoms with Gasteiger partial charge in [-0.3, -0.25) is 9.78 Å². The van der Waals surface area contributed by atoms with E-state index in [0.29, 0.717) is 18.4 Å². The van der Waals surface area contributed by atoms with Gasteiger partial charge in [0.2, 0.25) is 5.91 Å². The smallest absolute Gasteiger partial charge is 0.326 e. The highest BCUT2D eigenvalue weighted by Crippen LogP contribution is 2.23. The van der Waals surface area contributed by atoms with Crippen LogP contribution >= 0.6 is 0 Å². The number of H-pyrrole nitrogens is 1. The molecule has 0 spiro atoms. The number of aromatic amines is 1. The monoisotopic (exact) mass is 366 g/mol. The average Bonchev–Trinajstić information content (AvgIpc) is 3.27. The fourth-order valence-electron chi connectivity index (χ4n) is 2.15. The minimum absolute atomic E-state index is 0.128. The number of sulfone groups is 1. The van der Waals surface area contributed by atoms with Gasteiger partial charge in [-0.2, -0.15) is 0 Å². The summed E-state index contributed by atoms with van der Waals surface area (Å²) in [5.74, 6) is -1.11. The van der Waals surface area contributed by atoms with Crippen LogP contribution in [0, 0.1) is 0 Å². The maximum Gasteiger partial charge on any atom is 0.326 e. The molecule has 1 aliphatic heterocycles. The first kappa shape index (κ1) is 18.6. The van der Waals surface area contributed by atoms with Gasteiger partial charge in [0.25, 0.3) is 0 Å². The highest BCUT2D eigenvalue weighted by atomic mass is 32.2. The first-order valence-electron chi connectivity index (χ1n) is 7.36. The lowest BCUT2D eigenvalue weighted by atomic mass is 10.2. The number of rotatable bonds is 4. The zero-order valence-electron chi connectivity index (χ0n) is 13.1. The maximum absolute atomic E-state index is 12.1. The van der Waals surface area contributed by atoms with Crippen molar-refractivity contribution < 1.29 is 23.1 Å². The molecular formula is C15H18N4O5S. The predicted molar refractivity (Wildman–Crippen MR) is 87.9 cm³/mol. The lowest BCUT2D eigenvalue weighted by Crippen LogP contribution is -2.32. The molecule has 2 unspecified atom stereocenters. The predicted octanol–water partition coefficient (Wildman–Crippen LogP) is 0.191. The number of carboxylic acids is 1. The number of nitrogens with one attached hydrogen (secondary N) is 2. The van der Waals surface area contributed by atoms with Gasteiger partial charge in [-0.1, -0.05) is 0 Å². The van der Waals surface area contributed by atoms with E-state index in [2.05, 4.69) is 15.3 Å². The minimum atomic E-state index is -3.57. The molecule has 0 saturated carbocycles. The molecule has 9 nitrogen and oxygen atoms in total. The van der Waals surface area contributed by atoms with E-state index in [1.165, 1.54) is 18.5 Å². The molecule has 0 aliphatic carbocycles. The van der Waals surface area contributed by atoms with Crippen molar-refractivity contribution in [2.45, 2.75) is 29.2 Å². The molecular weight excluding hydrogens is 348 g/mol. The number of pyridine rings is 1.